The fourth-order valence-electron chi connectivity index (χ4n) is 2.89. The second kappa shape index (κ2) is 7.28. The van der Waals surface area contributed by atoms with Crippen molar-refractivity contribution in [1.29, 1.82) is 0 Å². The Morgan fingerprint density at radius 1 is 1.18 bits per heavy atom. The minimum atomic E-state index is -0.721. The van der Waals surface area contributed by atoms with Crippen LogP contribution in [0, 0.1) is 6.92 Å². The molecule has 0 unspecified atom stereocenters. The first-order valence-corrected chi connectivity index (χ1v) is 9.38. The number of hydrogen-bond donors (Lipinski definition) is 1. The number of fused-ring (bicyclic) bond motifs is 1. The first kappa shape index (κ1) is 17.9. The van der Waals surface area contributed by atoms with E-state index in [4.69, 9.17) is 9.15 Å². The molecule has 0 aliphatic rings. The highest BCUT2D eigenvalue weighted by atomic mass is 32.1. The summed E-state index contributed by atoms with van der Waals surface area (Å²) in [4.78, 5) is 29.5. The van der Waals surface area contributed by atoms with Crippen molar-refractivity contribution in [1.82, 2.24) is 4.98 Å². The highest BCUT2D eigenvalue weighted by Crippen LogP contribution is 2.26. The van der Waals surface area contributed by atoms with E-state index < -0.39 is 11.5 Å². The van der Waals surface area contributed by atoms with Crippen LogP contribution in [0.3, 0.4) is 0 Å². The minimum Gasteiger partial charge on any atom is -0.493 e. The van der Waals surface area contributed by atoms with E-state index in [-0.39, 0.29) is 5.56 Å². The van der Waals surface area contributed by atoms with E-state index in [0.717, 1.165) is 16.3 Å². The predicted molar refractivity (Wildman–Crippen MR) is 109 cm³/mol. The summed E-state index contributed by atoms with van der Waals surface area (Å²) in [5, 5.41) is 6.29. The molecule has 4 aromatic rings. The summed E-state index contributed by atoms with van der Waals surface area (Å²) < 4.78 is 10.5. The molecule has 0 aliphatic carbocycles. The first-order valence-electron chi connectivity index (χ1n) is 8.50. The number of carbonyl (C=O) groups is 1. The van der Waals surface area contributed by atoms with Crippen LogP contribution in [0.15, 0.2) is 63.1 Å². The topological polar surface area (TPSA) is 81.4 Å². The molecule has 4 rings (SSSR count). The molecule has 6 nitrogen and oxygen atoms in total. The van der Waals surface area contributed by atoms with E-state index in [1.54, 1.807) is 35.6 Å². The lowest BCUT2D eigenvalue weighted by Crippen LogP contribution is -2.20. The summed E-state index contributed by atoms with van der Waals surface area (Å²) in [6, 6.07) is 14.0. The number of ether oxygens (including phenoxy) is 1. The maximum absolute atomic E-state index is 12.7. The monoisotopic (exact) mass is 392 g/mol. The number of carbonyl (C=O) groups excluding carboxylic acids is 1. The van der Waals surface area contributed by atoms with Crippen molar-refractivity contribution in [2.24, 2.45) is 0 Å². The molecule has 140 valence electrons. The Morgan fingerprint density at radius 2 is 2.00 bits per heavy atom. The molecule has 2 aromatic carbocycles. The first-order chi connectivity index (χ1) is 13.5. The Kier molecular flexibility index (Phi) is 4.67. The van der Waals surface area contributed by atoms with Gasteiger partial charge in [0, 0.05) is 22.0 Å². The molecule has 0 atom stereocenters. The molecular formula is C21H16N2O4S. The minimum absolute atomic E-state index is 0.0735. The van der Waals surface area contributed by atoms with Gasteiger partial charge in [0.15, 0.2) is 11.3 Å². The second-order valence-electron chi connectivity index (χ2n) is 6.11. The third-order valence-corrected chi connectivity index (χ3v) is 5.00. The quantitative estimate of drug-likeness (QED) is 0.518. The Bertz CT molecular complexity index is 1240. The van der Waals surface area contributed by atoms with Crippen molar-refractivity contribution in [3.8, 4) is 17.0 Å². The molecule has 0 saturated heterocycles. The number of anilines is 1. The molecular weight excluding hydrogens is 376 g/mol. The number of hydrogen-bond acceptors (Lipinski definition) is 6. The van der Waals surface area contributed by atoms with Crippen molar-refractivity contribution in [2.45, 2.75) is 6.92 Å². The number of nitrogens with zero attached hydrogens (tertiary/aromatic N) is 1. The summed E-state index contributed by atoms with van der Waals surface area (Å²) in [7, 11) is 1.49. The van der Waals surface area contributed by atoms with Gasteiger partial charge in [-0.05, 0) is 31.2 Å². The lowest BCUT2D eigenvalue weighted by atomic mass is 10.1. The number of nitrogens with one attached hydrogen (secondary N) is 1. The van der Waals surface area contributed by atoms with Crippen molar-refractivity contribution < 1.29 is 13.9 Å². The Labute approximate surface area is 164 Å². The van der Waals surface area contributed by atoms with Gasteiger partial charge >= 0.3 is 5.63 Å². The van der Waals surface area contributed by atoms with E-state index in [2.05, 4.69) is 10.3 Å². The third kappa shape index (κ3) is 3.39. The number of benzene rings is 2. The largest absolute Gasteiger partial charge is 0.493 e. The van der Waals surface area contributed by atoms with Crippen LogP contribution < -0.4 is 15.7 Å². The van der Waals surface area contributed by atoms with Crippen LogP contribution in [0.4, 0.5) is 5.69 Å². The molecule has 0 bridgehead atoms. The van der Waals surface area contributed by atoms with Gasteiger partial charge in [-0.25, -0.2) is 9.78 Å². The molecule has 0 saturated carbocycles. The van der Waals surface area contributed by atoms with Crippen LogP contribution in [0.5, 0.6) is 5.75 Å². The Morgan fingerprint density at radius 3 is 2.75 bits per heavy atom. The van der Waals surface area contributed by atoms with E-state index in [1.165, 1.54) is 13.2 Å². The average molecular weight is 392 g/mol. The fraction of sp³-hybridized carbons (Fsp3) is 0.0952. The molecule has 0 aliphatic heterocycles. The zero-order valence-electron chi connectivity index (χ0n) is 15.2. The van der Waals surface area contributed by atoms with Gasteiger partial charge in [-0.15, -0.1) is 11.3 Å². The summed E-state index contributed by atoms with van der Waals surface area (Å²) in [5.41, 5.74) is 1.82. The number of aryl methyl sites for hydroxylation is 1. The van der Waals surface area contributed by atoms with Crippen LogP contribution in [-0.4, -0.2) is 18.0 Å². The SMILES string of the molecule is COc1cccc2cc(C(=O)Nc3cccc(-c4csc(C)n4)c3)c(=O)oc12. The van der Waals surface area contributed by atoms with Gasteiger partial charge in [-0.3, -0.25) is 4.79 Å². The van der Waals surface area contributed by atoms with E-state index >= 15 is 0 Å². The number of para-hydroxylation sites is 1. The molecule has 1 amide bonds. The highest BCUT2D eigenvalue weighted by Gasteiger charge is 2.16. The molecule has 2 aromatic heterocycles. The van der Waals surface area contributed by atoms with Crippen LogP contribution in [-0.2, 0) is 0 Å². The van der Waals surface area contributed by atoms with Gasteiger partial charge in [0.25, 0.3) is 5.91 Å². The van der Waals surface area contributed by atoms with Crippen LogP contribution in [0.25, 0.3) is 22.2 Å². The lowest BCUT2D eigenvalue weighted by molar-refractivity contribution is 0.102. The smallest absolute Gasteiger partial charge is 0.349 e. The highest BCUT2D eigenvalue weighted by molar-refractivity contribution is 7.09. The van der Waals surface area contributed by atoms with Crippen molar-refractivity contribution in [3.63, 3.8) is 0 Å². The fourth-order valence-corrected chi connectivity index (χ4v) is 3.51. The van der Waals surface area contributed by atoms with Crippen molar-refractivity contribution in [3.05, 3.63) is 74.9 Å². The second-order valence-corrected chi connectivity index (χ2v) is 7.18. The number of aromatic nitrogens is 1. The molecule has 0 radical (unpaired) electrons. The number of amides is 1. The van der Waals surface area contributed by atoms with Crippen molar-refractivity contribution in [2.75, 3.05) is 12.4 Å². The van der Waals surface area contributed by atoms with E-state index in [0.29, 0.717) is 22.4 Å². The Hall–Kier alpha value is -3.45. The van der Waals surface area contributed by atoms with E-state index in [9.17, 15) is 9.59 Å². The van der Waals surface area contributed by atoms with Crippen LogP contribution in [0.1, 0.15) is 15.4 Å². The zero-order chi connectivity index (χ0) is 19.7. The Balaban J connectivity index is 1.66. The molecule has 0 spiro atoms. The zero-order valence-corrected chi connectivity index (χ0v) is 16.0. The van der Waals surface area contributed by atoms with Gasteiger partial charge in [0.05, 0.1) is 17.8 Å². The lowest BCUT2D eigenvalue weighted by Gasteiger charge is -2.08. The third-order valence-electron chi connectivity index (χ3n) is 4.22. The summed E-state index contributed by atoms with van der Waals surface area (Å²) in [5.74, 6) is -0.0992. The van der Waals surface area contributed by atoms with Crippen LogP contribution in [0.2, 0.25) is 0 Å². The van der Waals surface area contributed by atoms with Gasteiger partial charge in [-0.2, -0.15) is 0 Å². The molecule has 2 heterocycles. The number of thiazole rings is 1. The van der Waals surface area contributed by atoms with Crippen molar-refractivity contribution >= 4 is 33.9 Å². The van der Waals surface area contributed by atoms with Crippen LogP contribution >= 0.6 is 11.3 Å². The normalized spacial score (nSPS) is 10.8. The van der Waals surface area contributed by atoms with Gasteiger partial charge < -0.3 is 14.5 Å². The van der Waals surface area contributed by atoms with E-state index in [1.807, 2.05) is 30.5 Å². The molecule has 0 fully saturated rings. The molecule has 1 N–H and O–H groups in total. The summed E-state index contributed by atoms with van der Waals surface area (Å²) in [6.07, 6.45) is 0. The maximum atomic E-state index is 12.7. The summed E-state index contributed by atoms with van der Waals surface area (Å²) in [6.45, 7) is 1.94. The number of rotatable bonds is 4. The van der Waals surface area contributed by atoms with Gasteiger partial charge in [0.1, 0.15) is 5.56 Å². The van der Waals surface area contributed by atoms with Gasteiger partial charge in [-0.1, -0.05) is 24.3 Å². The number of methoxy groups -OCH3 is 1. The average Bonchev–Trinajstić information content (AvgIpc) is 3.13. The standard InChI is InChI=1S/C21H16N2O4S/c1-12-22-17(11-28-12)13-5-3-7-15(9-13)23-20(24)16-10-14-6-4-8-18(26-2)19(14)27-21(16)25/h3-11H,1-2H3,(H,23,24). The molecule has 7 heteroatoms. The predicted octanol–water partition coefficient (Wildman–Crippen LogP) is 4.49. The van der Waals surface area contributed by atoms with Gasteiger partial charge in [0.2, 0.25) is 0 Å². The summed E-state index contributed by atoms with van der Waals surface area (Å²) >= 11 is 1.56. The molecule has 28 heavy (non-hydrogen) atoms. The maximum Gasteiger partial charge on any atom is 0.349 e.